The Bertz CT molecular complexity index is 1440. The Morgan fingerprint density at radius 3 is 2.52 bits per heavy atom. The van der Waals surface area contributed by atoms with Crippen LogP contribution in [0.15, 0.2) is 73.5 Å². The second-order valence-electron chi connectivity index (χ2n) is 8.91. The van der Waals surface area contributed by atoms with Crippen LogP contribution in [0.4, 0.5) is 0 Å². The summed E-state index contributed by atoms with van der Waals surface area (Å²) in [6, 6.07) is 11.1. The minimum absolute atomic E-state index is 0.264. The maximum absolute atomic E-state index is 4.74. The van der Waals surface area contributed by atoms with Crippen LogP contribution in [0.2, 0.25) is 0 Å². The third kappa shape index (κ3) is 3.84. The normalized spacial score (nSPS) is 19.4. The molecule has 2 heteroatoms. The molecule has 0 amide bonds. The first kappa shape index (κ1) is 22.8. The van der Waals surface area contributed by atoms with Crippen LogP contribution in [0, 0.1) is 12.8 Å². The minimum Gasteiger partial charge on any atom is -0.333 e. The largest absolute Gasteiger partial charge is 0.333 e. The lowest BCUT2D eigenvalue weighted by molar-refractivity contribution is 0.541. The van der Waals surface area contributed by atoms with E-state index in [4.69, 9.17) is 4.98 Å². The van der Waals surface area contributed by atoms with Gasteiger partial charge >= 0.3 is 0 Å². The summed E-state index contributed by atoms with van der Waals surface area (Å²) in [6.45, 7) is 17.3. The summed E-state index contributed by atoms with van der Waals surface area (Å²) in [5.74, 6) is 0.433. The van der Waals surface area contributed by atoms with E-state index in [1.165, 1.54) is 38.2 Å². The van der Waals surface area contributed by atoms with Gasteiger partial charge in [-0.3, -0.25) is 4.98 Å². The van der Waals surface area contributed by atoms with Gasteiger partial charge in [-0.05, 0) is 69.0 Å². The molecule has 2 unspecified atom stereocenters. The predicted octanol–water partition coefficient (Wildman–Crippen LogP) is 6.76. The fourth-order valence-electron chi connectivity index (χ4n) is 5.10. The predicted molar refractivity (Wildman–Crippen MR) is 144 cm³/mol. The number of pyridine rings is 1. The van der Waals surface area contributed by atoms with Crippen LogP contribution in [0.1, 0.15) is 57.5 Å². The molecule has 0 radical (unpaired) electrons. The third-order valence-corrected chi connectivity index (χ3v) is 7.01. The molecule has 4 rings (SSSR count). The molecule has 0 aliphatic carbocycles. The molecule has 1 aromatic carbocycles. The van der Waals surface area contributed by atoms with Crippen molar-refractivity contribution in [2.45, 2.75) is 47.6 Å². The Morgan fingerprint density at radius 1 is 1.09 bits per heavy atom. The van der Waals surface area contributed by atoms with Gasteiger partial charge < -0.3 is 4.57 Å². The molecule has 3 heterocycles. The van der Waals surface area contributed by atoms with Gasteiger partial charge in [-0.25, -0.2) is 0 Å². The number of para-hydroxylation sites is 1. The molecule has 0 saturated carbocycles. The van der Waals surface area contributed by atoms with Crippen molar-refractivity contribution in [3.8, 4) is 0 Å². The molecule has 0 fully saturated rings. The van der Waals surface area contributed by atoms with Gasteiger partial charge in [-0.15, -0.1) is 0 Å². The summed E-state index contributed by atoms with van der Waals surface area (Å²) in [4.78, 5) is 4.74. The van der Waals surface area contributed by atoms with E-state index >= 15 is 0 Å². The zero-order valence-electron chi connectivity index (χ0n) is 20.7. The van der Waals surface area contributed by atoms with Crippen LogP contribution >= 0.6 is 0 Å². The number of allylic oxidation sites excluding steroid dienone is 7. The Hall–Kier alpha value is -3.39. The fraction of sp³-hybridized carbons (Fsp3) is 0.258. The summed E-state index contributed by atoms with van der Waals surface area (Å²) in [7, 11) is 0. The van der Waals surface area contributed by atoms with Gasteiger partial charge in [0, 0.05) is 39.1 Å². The molecule has 3 aromatic rings. The summed E-state index contributed by atoms with van der Waals surface area (Å²) in [5, 5.41) is 4.04. The zero-order valence-corrected chi connectivity index (χ0v) is 20.7. The number of hydrogen-bond donors (Lipinski definition) is 0. The van der Waals surface area contributed by atoms with E-state index in [-0.39, 0.29) is 6.04 Å². The molecule has 1 aliphatic heterocycles. The number of aryl methyl sites for hydroxylation is 1. The highest BCUT2D eigenvalue weighted by Crippen LogP contribution is 2.33. The molecule has 33 heavy (non-hydrogen) atoms. The smallest absolute Gasteiger partial charge is 0.0699 e. The Kier molecular flexibility index (Phi) is 6.37. The quantitative estimate of drug-likeness (QED) is 0.406. The van der Waals surface area contributed by atoms with Crippen LogP contribution < -0.4 is 10.6 Å². The van der Waals surface area contributed by atoms with E-state index in [0.717, 1.165) is 16.8 Å². The zero-order chi connectivity index (χ0) is 23.7. The second kappa shape index (κ2) is 9.23. The van der Waals surface area contributed by atoms with Crippen LogP contribution in [0.25, 0.3) is 33.7 Å². The maximum Gasteiger partial charge on any atom is 0.0699 e. The number of benzene rings is 1. The highest BCUT2D eigenvalue weighted by Gasteiger charge is 2.28. The fourth-order valence-corrected chi connectivity index (χ4v) is 5.10. The standard InChI is InChI=1S/C31H34N2/c1-8-13-24(9-2)27-19-32-28(18-21(27)5)20(4)16-17-29-22(6)23(7)31-25(10-3)26-14-11-12-15-30(26)33(29)31/h8-19,22,29H,4H2,1-3,5-7H3/b13-8-,17-16-,24-9+,25-10-. The van der Waals surface area contributed by atoms with E-state index < -0.39 is 0 Å². The molecule has 0 spiro atoms. The van der Waals surface area contributed by atoms with E-state index in [9.17, 15) is 0 Å². The number of rotatable bonds is 5. The van der Waals surface area contributed by atoms with E-state index in [1.807, 2.05) is 13.1 Å². The van der Waals surface area contributed by atoms with Crippen molar-refractivity contribution >= 4 is 33.7 Å². The molecule has 2 atom stereocenters. The summed E-state index contributed by atoms with van der Waals surface area (Å²) in [5.41, 5.74) is 8.17. The van der Waals surface area contributed by atoms with E-state index in [2.05, 4.69) is 113 Å². The first-order valence-corrected chi connectivity index (χ1v) is 11.8. The molecule has 168 valence electrons. The Labute approximate surface area is 197 Å². The van der Waals surface area contributed by atoms with Gasteiger partial charge in [0.15, 0.2) is 0 Å². The molecule has 0 bridgehead atoms. The molecule has 0 saturated heterocycles. The summed E-state index contributed by atoms with van der Waals surface area (Å²) < 4.78 is 2.51. The average molecular weight is 435 g/mol. The lowest BCUT2D eigenvalue weighted by Gasteiger charge is -2.18. The Morgan fingerprint density at radius 2 is 1.85 bits per heavy atom. The molecule has 2 aromatic heterocycles. The Balaban J connectivity index is 1.70. The molecular weight excluding hydrogens is 400 g/mol. The van der Waals surface area contributed by atoms with Crippen molar-refractivity contribution in [3.63, 3.8) is 0 Å². The average Bonchev–Trinajstić information content (AvgIpc) is 3.28. The van der Waals surface area contributed by atoms with Crippen LogP contribution in [0.5, 0.6) is 0 Å². The first-order valence-electron chi connectivity index (χ1n) is 11.8. The third-order valence-electron chi connectivity index (χ3n) is 7.01. The van der Waals surface area contributed by atoms with Crippen molar-refractivity contribution in [1.82, 2.24) is 9.55 Å². The number of aromatic nitrogens is 2. The minimum atomic E-state index is 0.264. The molecule has 2 nitrogen and oxygen atoms in total. The number of hydrogen-bond acceptors (Lipinski definition) is 1. The summed E-state index contributed by atoms with van der Waals surface area (Å²) in [6.07, 6.45) is 15.0. The van der Waals surface area contributed by atoms with Gasteiger partial charge in [0.25, 0.3) is 0 Å². The lowest BCUT2D eigenvalue weighted by atomic mass is 9.95. The highest BCUT2D eigenvalue weighted by molar-refractivity contribution is 5.84. The maximum atomic E-state index is 4.74. The summed E-state index contributed by atoms with van der Waals surface area (Å²) >= 11 is 0. The van der Waals surface area contributed by atoms with Crippen LogP contribution in [-0.4, -0.2) is 9.55 Å². The van der Waals surface area contributed by atoms with Crippen molar-refractivity contribution in [2.24, 2.45) is 5.92 Å². The monoisotopic (exact) mass is 434 g/mol. The van der Waals surface area contributed by atoms with Crippen molar-refractivity contribution in [3.05, 3.63) is 101 Å². The topological polar surface area (TPSA) is 17.8 Å². The van der Waals surface area contributed by atoms with Gasteiger partial charge in [0.05, 0.1) is 11.7 Å². The van der Waals surface area contributed by atoms with Crippen molar-refractivity contribution < 1.29 is 0 Å². The van der Waals surface area contributed by atoms with Gasteiger partial charge in [0.2, 0.25) is 0 Å². The SMILES string of the molecule is C=C(/C=C\C1C(C)C(C)=c2/c(=C\C)c3ccccc3n21)c1cc(C)c(C(/C=C\C)=C/C)cn1. The van der Waals surface area contributed by atoms with Gasteiger partial charge in [-0.1, -0.05) is 68.2 Å². The highest BCUT2D eigenvalue weighted by atomic mass is 15.0. The molecule has 0 N–H and O–H groups in total. The van der Waals surface area contributed by atoms with Crippen molar-refractivity contribution in [2.75, 3.05) is 0 Å². The lowest BCUT2D eigenvalue weighted by Crippen LogP contribution is -2.27. The number of fused-ring (bicyclic) bond motifs is 3. The first-order chi connectivity index (χ1) is 15.9. The van der Waals surface area contributed by atoms with Gasteiger partial charge in [0.1, 0.15) is 0 Å². The second-order valence-corrected chi connectivity index (χ2v) is 8.91. The van der Waals surface area contributed by atoms with E-state index in [0.29, 0.717) is 5.92 Å². The van der Waals surface area contributed by atoms with Crippen LogP contribution in [0.3, 0.4) is 0 Å². The van der Waals surface area contributed by atoms with Crippen LogP contribution in [-0.2, 0) is 0 Å². The molecular formula is C31H34N2. The number of nitrogens with zero attached hydrogens (tertiary/aromatic N) is 2. The van der Waals surface area contributed by atoms with Gasteiger partial charge in [-0.2, -0.15) is 0 Å². The van der Waals surface area contributed by atoms with E-state index in [1.54, 1.807) is 0 Å². The van der Waals surface area contributed by atoms with Crippen molar-refractivity contribution in [1.29, 1.82) is 0 Å². The molecule has 1 aliphatic rings.